The summed E-state index contributed by atoms with van der Waals surface area (Å²) in [6.07, 6.45) is 1.86. The minimum atomic E-state index is -0.256. The molecule has 0 bridgehead atoms. The van der Waals surface area contributed by atoms with Crippen molar-refractivity contribution in [1.29, 1.82) is 5.26 Å². The zero-order valence-corrected chi connectivity index (χ0v) is 13.0. The number of hydrogen-bond donors (Lipinski definition) is 1. The third-order valence-corrected chi connectivity index (χ3v) is 3.37. The van der Waals surface area contributed by atoms with Crippen LogP contribution in [0.3, 0.4) is 0 Å². The van der Waals surface area contributed by atoms with Crippen molar-refractivity contribution in [2.24, 2.45) is 0 Å². The van der Waals surface area contributed by atoms with Crippen molar-refractivity contribution in [3.63, 3.8) is 0 Å². The fraction of sp³-hybridized carbons (Fsp3) is 0.263. The average Bonchev–Trinajstić information content (AvgIpc) is 2.59. The van der Waals surface area contributed by atoms with Crippen LogP contribution >= 0.6 is 0 Å². The first-order valence-corrected chi connectivity index (χ1v) is 7.67. The van der Waals surface area contributed by atoms with Crippen LogP contribution in [0.4, 0.5) is 0 Å². The number of nitrogens with one attached hydrogen (secondary N) is 1. The standard InChI is InChI=1S/C19H20N2O2/c20-13-12-19(22)21-15-17-8-10-18(11-9-17)23-14-4-7-16-5-2-1-3-6-16/h1-3,5-6,8-11H,4,7,12,14-15H2,(H,21,22). The van der Waals surface area contributed by atoms with Gasteiger partial charge in [-0.2, -0.15) is 5.26 Å². The lowest BCUT2D eigenvalue weighted by Crippen LogP contribution is -2.21. The number of hydrogen-bond acceptors (Lipinski definition) is 3. The Balaban J connectivity index is 1.68. The lowest BCUT2D eigenvalue weighted by atomic mass is 10.1. The zero-order chi connectivity index (χ0) is 16.3. The van der Waals surface area contributed by atoms with E-state index in [1.54, 1.807) is 0 Å². The summed E-state index contributed by atoms with van der Waals surface area (Å²) in [6, 6.07) is 19.8. The highest BCUT2D eigenvalue weighted by Gasteiger charge is 2.00. The molecule has 0 aliphatic heterocycles. The Bertz CT molecular complexity index is 645. The van der Waals surface area contributed by atoms with Crippen LogP contribution in [-0.4, -0.2) is 12.5 Å². The molecule has 118 valence electrons. The maximum absolute atomic E-state index is 11.2. The summed E-state index contributed by atoms with van der Waals surface area (Å²) >= 11 is 0. The van der Waals surface area contributed by atoms with E-state index in [1.807, 2.05) is 48.5 Å². The average molecular weight is 308 g/mol. The van der Waals surface area contributed by atoms with E-state index in [-0.39, 0.29) is 12.3 Å². The van der Waals surface area contributed by atoms with Gasteiger partial charge in [0.2, 0.25) is 5.91 Å². The Hall–Kier alpha value is -2.80. The van der Waals surface area contributed by atoms with Crippen molar-refractivity contribution in [3.05, 3.63) is 65.7 Å². The largest absolute Gasteiger partial charge is 0.494 e. The van der Waals surface area contributed by atoms with Gasteiger partial charge in [0.05, 0.1) is 12.7 Å². The Kier molecular flexibility index (Phi) is 6.67. The molecule has 1 N–H and O–H groups in total. The molecule has 2 aromatic carbocycles. The maximum atomic E-state index is 11.2. The van der Waals surface area contributed by atoms with E-state index in [4.69, 9.17) is 10.00 Å². The van der Waals surface area contributed by atoms with Gasteiger partial charge in [-0.05, 0) is 36.1 Å². The number of nitrogens with zero attached hydrogens (tertiary/aromatic N) is 1. The topological polar surface area (TPSA) is 62.1 Å². The number of nitriles is 1. The molecule has 0 aromatic heterocycles. The lowest BCUT2D eigenvalue weighted by molar-refractivity contribution is -0.120. The molecule has 2 aromatic rings. The molecule has 0 saturated heterocycles. The van der Waals surface area contributed by atoms with Crippen molar-refractivity contribution in [2.45, 2.75) is 25.8 Å². The number of benzene rings is 2. The molecule has 4 nitrogen and oxygen atoms in total. The molecule has 0 aliphatic rings. The van der Waals surface area contributed by atoms with Crippen molar-refractivity contribution in [2.75, 3.05) is 6.61 Å². The van der Waals surface area contributed by atoms with Gasteiger partial charge in [-0.15, -0.1) is 0 Å². The highest BCUT2D eigenvalue weighted by molar-refractivity contribution is 5.77. The highest BCUT2D eigenvalue weighted by atomic mass is 16.5. The number of aryl methyl sites for hydroxylation is 1. The smallest absolute Gasteiger partial charge is 0.234 e. The van der Waals surface area contributed by atoms with Crippen LogP contribution in [0.15, 0.2) is 54.6 Å². The minimum Gasteiger partial charge on any atom is -0.494 e. The number of rotatable bonds is 8. The van der Waals surface area contributed by atoms with E-state index in [0.717, 1.165) is 24.2 Å². The van der Waals surface area contributed by atoms with Gasteiger partial charge in [0, 0.05) is 6.54 Å². The summed E-state index contributed by atoms with van der Waals surface area (Å²) in [6.45, 7) is 1.10. The molecule has 0 spiro atoms. The summed E-state index contributed by atoms with van der Waals surface area (Å²) in [7, 11) is 0. The van der Waals surface area contributed by atoms with Gasteiger partial charge in [0.15, 0.2) is 0 Å². The molecule has 2 rings (SSSR count). The Morgan fingerprint density at radius 2 is 1.78 bits per heavy atom. The lowest BCUT2D eigenvalue weighted by Gasteiger charge is -2.08. The summed E-state index contributed by atoms with van der Waals surface area (Å²) < 4.78 is 5.72. The van der Waals surface area contributed by atoms with Crippen LogP contribution in [0.5, 0.6) is 5.75 Å². The van der Waals surface area contributed by atoms with Gasteiger partial charge in [-0.1, -0.05) is 42.5 Å². The predicted octanol–water partition coefficient (Wildman–Crippen LogP) is 3.23. The van der Waals surface area contributed by atoms with Crippen LogP contribution in [0.25, 0.3) is 0 Å². The second-order valence-corrected chi connectivity index (χ2v) is 5.19. The Morgan fingerprint density at radius 3 is 2.48 bits per heavy atom. The highest BCUT2D eigenvalue weighted by Crippen LogP contribution is 2.13. The van der Waals surface area contributed by atoms with E-state index in [9.17, 15) is 4.79 Å². The molecule has 0 fully saturated rings. The van der Waals surface area contributed by atoms with Gasteiger partial charge < -0.3 is 10.1 Å². The SMILES string of the molecule is N#CCC(=O)NCc1ccc(OCCCc2ccccc2)cc1. The third kappa shape index (κ3) is 6.23. The predicted molar refractivity (Wildman–Crippen MR) is 88.8 cm³/mol. The van der Waals surface area contributed by atoms with Gasteiger partial charge in [-0.3, -0.25) is 4.79 Å². The van der Waals surface area contributed by atoms with Crippen LogP contribution in [0, 0.1) is 11.3 Å². The molecule has 1 amide bonds. The Morgan fingerprint density at radius 1 is 1.04 bits per heavy atom. The van der Waals surface area contributed by atoms with Crippen LogP contribution in [-0.2, 0) is 17.8 Å². The molecular weight excluding hydrogens is 288 g/mol. The molecule has 0 radical (unpaired) electrons. The van der Waals surface area contributed by atoms with Gasteiger partial charge in [0.25, 0.3) is 0 Å². The van der Waals surface area contributed by atoms with E-state index in [2.05, 4.69) is 17.4 Å². The van der Waals surface area contributed by atoms with E-state index in [1.165, 1.54) is 5.56 Å². The first-order chi connectivity index (χ1) is 11.3. The van der Waals surface area contributed by atoms with Crippen molar-refractivity contribution >= 4 is 5.91 Å². The first kappa shape index (κ1) is 16.6. The number of carbonyl (C=O) groups is 1. The van der Waals surface area contributed by atoms with Crippen LogP contribution in [0.1, 0.15) is 24.0 Å². The normalized spacial score (nSPS) is 9.87. The van der Waals surface area contributed by atoms with E-state index in [0.29, 0.717) is 13.2 Å². The fourth-order valence-corrected chi connectivity index (χ4v) is 2.15. The Labute approximate surface area is 136 Å². The quantitative estimate of drug-likeness (QED) is 0.762. The summed E-state index contributed by atoms with van der Waals surface area (Å²) in [4.78, 5) is 11.2. The number of ether oxygens (including phenoxy) is 1. The fourth-order valence-electron chi connectivity index (χ4n) is 2.15. The molecule has 0 unspecified atom stereocenters. The molecule has 0 aliphatic carbocycles. The summed E-state index contributed by atoms with van der Waals surface area (Å²) in [5.74, 6) is 0.568. The molecular formula is C19H20N2O2. The molecule has 0 heterocycles. The monoisotopic (exact) mass is 308 g/mol. The van der Waals surface area contributed by atoms with Gasteiger partial charge in [0.1, 0.15) is 12.2 Å². The summed E-state index contributed by atoms with van der Waals surface area (Å²) in [5, 5.41) is 11.1. The number of carbonyl (C=O) groups excluding carboxylic acids is 1. The van der Waals surface area contributed by atoms with E-state index < -0.39 is 0 Å². The minimum absolute atomic E-state index is 0.109. The van der Waals surface area contributed by atoms with Crippen LogP contribution < -0.4 is 10.1 Å². The van der Waals surface area contributed by atoms with Crippen molar-refractivity contribution in [3.8, 4) is 11.8 Å². The van der Waals surface area contributed by atoms with Gasteiger partial charge in [-0.25, -0.2) is 0 Å². The van der Waals surface area contributed by atoms with Crippen LogP contribution in [0.2, 0.25) is 0 Å². The summed E-state index contributed by atoms with van der Waals surface area (Å²) in [5.41, 5.74) is 2.30. The molecule has 23 heavy (non-hydrogen) atoms. The second kappa shape index (κ2) is 9.26. The zero-order valence-electron chi connectivity index (χ0n) is 13.0. The maximum Gasteiger partial charge on any atom is 0.234 e. The van der Waals surface area contributed by atoms with Crippen molar-refractivity contribution in [1.82, 2.24) is 5.32 Å². The van der Waals surface area contributed by atoms with E-state index >= 15 is 0 Å². The molecule has 0 atom stereocenters. The first-order valence-electron chi connectivity index (χ1n) is 7.67. The van der Waals surface area contributed by atoms with Gasteiger partial charge >= 0.3 is 0 Å². The second-order valence-electron chi connectivity index (χ2n) is 5.19. The molecule has 4 heteroatoms. The molecule has 0 saturated carbocycles. The number of amides is 1. The third-order valence-electron chi connectivity index (χ3n) is 3.37. The van der Waals surface area contributed by atoms with Crippen molar-refractivity contribution < 1.29 is 9.53 Å².